The summed E-state index contributed by atoms with van der Waals surface area (Å²) in [6.45, 7) is 1.65. The van der Waals surface area contributed by atoms with Crippen LogP contribution in [0.1, 0.15) is 24.8 Å². The van der Waals surface area contributed by atoms with E-state index in [1.807, 2.05) is 18.2 Å². The Labute approximate surface area is 120 Å². The third kappa shape index (κ3) is 3.22. The number of methoxy groups -OCH3 is 1. The second-order valence-electron chi connectivity index (χ2n) is 5.17. The highest BCUT2D eigenvalue weighted by Crippen LogP contribution is 2.26. The molecule has 1 atom stereocenters. The standard InChI is InChI=1S/C15H23N3O2/c1-17-15(19)13-5-3-4-8-18(13)10-11-6-7-12(16)9-14(11)20-2/h6-7,9,13H,3-5,8,10,16H2,1-2H3,(H,17,19). The van der Waals surface area contributed by atoms with Crippen LogP contribution in [0.15, 0.2) is 18.2 Å². The molecule has 1 heterocycles. The Morgan fingerprint density at radius 1 is 1.50 bits per heavy atom. The Hall–Kier alpha value is -1.75. The Morgan fingerprint density at radius 2 is 2.30 bits per heavy atom. The summed E-state index contributed by atoms with van der Waals surface area (Å²) >= 11 is 0. The van der Waals surface area contributed by atoms with Crippen molar-refractivity contribution in [3.05, 3.63) is 23.8 Å². The fraction of sp³-hybridized carbons (Fsp3) is 0.533. The molecule has 0 aliphatic carbocycles. The SMILES string of the molecule is CNC(=O)C1CCCCN1Cc1ccc(N)cc1OC. The van der Waals surface area contributed by atoms with E-state index < -0.39 is 0 Å². The van der Waals surface area contributed by atoms with Gasteiger partial charge in [-0.15, -0.1) is 0 Å². The topological polar surface area (TPSA) is 67.6 Å². The van der Waals surface area contributed by atoms with Crippen molar-refractivity contribution in [2.45, 2.75) is 31.8 Å². The molecule has 1 aliphatic rings. The van der Waals surface area contributed by atoms with E-state index in [0.717, 1.165) is 37.1 Å². The van der Waals surface area contributed by atoms with E-state index in [0.29, 0.717) is 12.2 Å². The van der Waals surface area contributed by atoms with Gasteiger partial charge in [0.2, 0.25) is 5.91 Å². The number of hydrogen-bond donors (Lipinski definition) is 2. The minimum atomic E-state index is -0.0454. The number of likely N-dealkylation sites (N-methyl/N-ethyl adjacent to an activating group) is 1. The molecular weight excluding hydrogens is 254 g/mol. The van der Waals surface area contributed by atoms with Crippen molar-refractivity contribution in [1.29, 1.82) is 0 Å². The predicted molar refractivity (Wildman–Crippen MR) is 79.5 cm³/mol. The van der Waals surface area contributed by atoms with Crippen molar-refractivity contribution in [3.8, 4) is 5.75 Å². The maximum atomic E-state index is 12.0. The van der Waals surface area contributed by atoms with Gasteiger partial charge < -0.3 is 15.8 Å². The summed E-state index contributed by atoms with van der Waals surface area (Å²) in [5.41, 5.74) is 7.53. The molecule has 20 heavy (non-hydrogen) atoms. The third-order valence-corrected chi connectivity index (χ3v) is 3.85. The van der Waals surface area contributed by atoms with Gasteiger partial charge in [0.15, 0.2) is 0 Å². The van der Waals surface area contributed by atoms with Crippen LogP contribution < -0.4 is 15.8 Å². The molecule has 0 bridgehead atoms. The third-order valence-electron chi connectivity index (χ3n) is 3.85. The number of hydrogen-bond acceptors (Lipinski definition) is 4. The van der Waals surface area contributed by atoms with Crippen molar-refractivity contribution in [1.82, 2.24) is 10.2 Å². The Morgan fingerprint density at radius 3 is 3.00 bits per heavy atom. The van der Waals surface area contributed by atoms with Gasteiger partial charge in [-0.3, -0.25) is 9.69 Å². The first-order valence-corrected chi connectivity index (χ1v) is 7.03. The number of nitrogens with one attached hydrogen (secondary N) is 1. The number of amides is 1. The number of rotatable bonds is 4. The molecule has 0 spiro atoms. The summed E-state index contributed by atoms with van der Waals surface area (Å²) in [5.74, 6) is 0.880. The fourth-order valence-corrected chi connectivity index (χ4v) is 2.75. The van der Waals surface area contributed by atoms with Gasteiger partial charge in [-0.2, -0.15) is 0 Å². The lowest BCUT2D eigenvalue weighted by Gasteiger charge is -2.34. The molecule has 2 rings (SSSR count). The van der Waals surface area contributed by atoms with Crippen LogP contribution in [0.25, 0.3) is 0 Å². The van der Waals surface area contributed by atoms with Crippen molar-refractivity contribution in [2.24, 2.45) is 0 Å². The second-order valence-corrected chi connectivity index (χ2v) is 5.17. The summed E-state index contributed by atoms with van der Waals surface area (Å²) in [5, 5.41) is 2.76. The molecule has 0 radical (unpaired) electrons. The lowest BCUT2D eigenvalue weighted by atomic mass is 10.00. The molecule has 1 unspecified atom stereocenters. The molecule has 5 nitrogen and oxygen atoms in total. The molecular formula is C15H23N3O2. The minimum Gasteiger partial charge on any atom is -0.496 e. The quantitative estimate of drug-likeness (QED) is 0.816. The highest BCUT2D eigenvalue weighted by Gasteiger charge is 2.28. The summed E-state index contributed by atoms with van der Waals surface area (Å²) in [4.78, 5) is 14.2. The molecule has 1 saturated heterocycles. The number of ether oxygens (including phenoxy) is 1. The summed E-state index contributed by atoms with van der Waals surface area (Å²) < 4.78 is 5.38. The van der Waals surface area contributed by atoms with Gasteiger partial charge in [-0.1, -0.05) is 12.5 Å². The smallest absolute Gasteiger partial charge is 0.237 e. The van der Waals surface area contributed by atoms with Gasteiger partial charge in [0.1, 0.15) is 5.75 Å². The Kier molecular flexibility index (Phi) is 4.84. The van der Waals surface area contributed by atoms with E-state index in [-0.39, 0.29) is 11.9 Å². The number of carbonyl (C=O) groups is 1. The molecule has 1 aliphatic heterocycles. The largest absolute Gasteiger partial charge is 0.496 e. The van der Waals surface area contributed by atoms with Crippen molar-refractivity contribution in [2.75, 3.05) is 26.4 Å². The molecule has 5 heteroatoms. The average Bonchev–Trinajstić information content (AvgIpc) is 2.48. The Balaban J connectivity index is 2.16. The van der Waals surface area contributed by atoms with Gasteiger partial charge in [0, 0.05) is 30.9 Å². The minimum absolute atomic E-state index is 0.0454. The molecule has 1 aromatic carbocycles. The molecule has 110 valence electrons. The highest BCUT2D eigenvalue weighted by molar-refractivity contribution is 5.81. The van der Waals surface area contributed by atoms with Crippen LogP contribution >= 0.6 is 0 Å². The lowest BCUT2D eigenvalue weighted by molar-refractivity contribution is -0.127. The number of nitrogen functional groups attached to an aromatic ring is 1. The average molecular weight is 277 g/mol. The van der Waals surface area contributed by atoms with Crippen LogP contribution in [-0.4, -0.2) is 37.6 Å². The molecule has 0 aromatic heterocycles. The van der Waals surface area contributed by atoms with Gasteiger partial charge >= 0.3 is 0 Å². The van der Waals surface area contributed by atoms with Crippen LogP contribution in [0.4, 0.5) is 5.69 Å². The maximum Gasteiger partial charge on any atom is 0.237 e. The van der Waals surface area contributed by atoms with Crippen LogP contribution in [0.5, 0.6) is 5.75 Å². The van der Waals surface area contributed by atoms with Crippen molar-refractivity contribution >= 4 is 11.6 Å². The number of nitrogens with zero attached hydrogens (tertiary/aromatic N) is 1. The maximum absolute atomic E-state index is 12.0. The Bertz CT molecular complexity index is 476. The monoisotopic (exact) mass is 277 g/mol. The first kappa shape index (κ1) is 14.7. The number of benzene rings is 1. The molecule has 1 amide bonds. The van der Waals surface area contributed by atoms with Crippen molar-refractivity contribution < 1.29 is 9.53 Å². The zero-order chi connectivity index (χ0) is 14.5. The molecule has 1 aromatic rings. The number of piperidine rings is 1. The van der Waals surface area contributed by atoms with E-state index in [2.05, 4.69) is 10.2 Å². The van der Waals surface area contributed by atoms with Crippen LogP contribution in [0.2, 0.25) is 0 Å². The van der Waals surface area contributed by atoms with Gasteiger partial charge in [-0.25, -0.2) is 0 Å². The van der Waals surface area contributed by atoms with Crippen LogP contribution in [-0.2, 0) is 11.3 Å². The van der Waals surface area contributed by atoms with E-state index >= 15 is 0 Å². The highest BCUT2D eigenvalue weighted by atomic mass is 16.5. The second kappa shape index (κ2) is 6.61. The number of nitrogens with two attached hydrogens (primary N) is 1. The predicted octanol–water partition coefficient (Wildman–Crippen LogP) is 1.38. The van der Waals surface area contributed by atoms with E-state index in [9.17, 15) is 4.79 Å². The number of anilines is 1. The molecule has 3 N–H and O–H groups in total. The first-order valence-electron chi connectivity index (χ1n) is 7.03. The summed E-state index contributed by atoms with van der Waals surface area (Å²) in [7, 11) is 3.34. The lowest BCUT2D eigenvalue weighted by Crippen LogP contribution is -2.48. The van der Waals surface area contributed by atoms with Crippen LogP contribution in [0.3, 0.4) is 0 Å². The van der Waals surface area contributed by atoms with E-state index in [1.165, 1.54) is 0 Å². The van der Waals surface area contributed by atoms with Crippen molar-refractivity contribution in [3.63, 3.8) is 0 Å². The first-order chi connectivity index (χ1) is 9.65. The van der Waals surface area contributed by atoms with E-state index in [4.69, 9.17) is 10.5 Å². The zero-order valence-electron chi connectivity index (χ0n) is 12.2. The number of carbonyl (C=O) groups excluding carboxylic acids is 1. The fourth-order valence-electron chi connectivity index (χ4n) is 2.75. The van der Waals surface area contributed by atoms with Crippen LogP contribution in [0, 0.1) is 0 Å². The molecule has 1 fully saturated rings. The van der Waals surface area contributed by atoms with E-state index in [1.54, 1.807) is 14.2 Å². The summed E-state index contributed by atoms with van der Waals surface area (Å²) in [6.07, 6.45) is 3.15. The molecule has 0 saturated carbocycles. The zero-order valence-corrected chi connectivity index (χ0v) is 12.2. The normalized spacial score (nSPS) is 19.6. The van der Waals surface area contributed by atoms with Gasteiger partial charge in [-0.05, 0) is 25.5 Å². The number of likely N-dealkylation sites (tertiary alicyclic amines) is 1. The van der Waals surface area contributed by atoms with Gasteiger partial charge in [0.05, 0.1) is 13.2 Å². The van der Waals surface area contributed by atoms with Gasteiger partial charge in [0.25, 0.3) is 0 Å². The summed E-state index contributed by atoms with van der Waals surface area (Å²) in [6, 6.07) is 5.63.